The first-order chi connectivity index (χ1) is 8.81. The van der Waals surface area contributed by atoms with Crippen LogP contribution in [0, 0.1) is 0 Å². The van der Waals surface area contributed by atoms with Crippen LogP contribution in [0.4, 0.5) is 18.9 Å². The summed E-state index contributed by atoms with van der Waals surface area (Å²) in [6, 6.07) is 4.49. The third kappa shape index (κ3) is 3.70. The average molecular weight is 275 g/mol. The highest BCUT2D eigenvalue weighted by Gasteiger charge is 2.30. The molecule has 1 atom stereocenters. The molecule has 0 aliphatic carbocycles. The van der Waals surface area contributed by atoms with Gasteiger partial charge in [0.25, 0.3) is 5.91 Å². The number of amides is 1. The second-order valence-electron chi connectivity index (χ2n) is 4.01. The van der Waals surface area contributed by atoms with Gasteiger partial charge in [0.15, 0.2) is 0 Å². The molecule has 0 heterocycles. The molecule has 1 rings (SSSR count). The molecule has 0 saturated heterocycles. The Morgan fingerprint density at radius 1 is 1.32 bits per heavy atom. The van der Waals surface area contributed by atoms with Crippen LogP contribution in [0.3, 0.4) is 0 Å². The molecule has 0 N–H and O–H groups in total. The van der Waals surface area contributed by atoms with E-state index in [0.717, 1.165) is 12.1 Å². The van der Waals surface area contributed by atoms with Crippen LogP contribution in [0.1, 0.15) is 19.4 Å². The first kappa shape index (κ1) is 15.5. The van der Waals surface area contributed by atoms with Crippen molar-refractivity contribution in [2.45, 2.75) is 26.1 Å². The highest BCUT2D eigenvalue weighted by atomic mass is 19.4. The smallest absolute Gasteiger partial charge is 0.372 e. The highest BCUT2D eigenvalue weighted by Crippen LogP contribution is 2.30. The number of methoxy groups -OCH3 is 1. The van der Waals surface area contributed by atoms with Gasteiger partial charge in [0.2, 0.25) is 0 Å². The van der Waals surface area contributed by atoms with Gasteiger partial charge in [0, 0.05) is 19.3 Å². The number of carbonyl (C=O) groups excluding carboxylic acids is 1. The van der Waals surface area contributed by atoms with Crippen molar-refractivity contribution in [1.82, 2.24) is 0 Å². The van der Waals surface area contributed by atoms with Gasteiger partial charge in [0.1, 0.15) is 6.10 Å². The fourth-order valence-electron chi connectivity index (χ4n) is 1.62. The predicted molar refractivity (Wildman–Crippen MR) is 65.9 cm³/mol. The summed E-state index contributed by atoms with van der Waals surface area (Å²) in [5, 5.41) is 0. The number of nitrogens with zero attached hydrogens (tertiary/aromatic N) is 1. The van der Waals surface area contributed by atoms with Crippen LogP contribution in [0.2, 0.25) is 0 Å². The molecule has 106 valence electrons. The van der Waals surface area contributed by atoms with Gasteiger partial charge in [-0.05, 0) is 38.1 Å². The van der Waals surface area contributed by atoms with Gasteiger partial charge in [-0.15, -0.1) is 0 Å². The molecule has 0 saturated carbocycles. The molecule has 0 bridgehead atoms. The summed E-state index contributed by atoms with van der Waals surface area (Å²) in [5.41, 5.74) is -0.316. The minimum absolute atomic E-state index is 0.287. The van der Waals surface area contributed by atoms with Crippen molar-refractivity contribution in [1.29, 1.82) is 0 Å². The monoisotopic (exact) mass is 275 g/mol. The number of anilines is 1. The number of hydrogen-bond acceptors (Lipinski definition) is 2. The lowest BCUT2D eigenvalue weighted by molar-refractivity contribution is -0.137. The van der Waals surface area contributed by atoms with Gasteiger partial charge in [-0.3, -0.25) is 4.79 Å². The number of alkyl halides is 3. The predicted octanol–water partition coefficient (Wildman–Crippen LogP) is 3.09. The molecule has 1 aromatic rings. The van der Waals surface area contributed by atoms with E-state index in [1.165, 1.54) is 24.1 Å². The lowest BCUT2D eigenvalue weighted by atomic mass is 10.2. The van der Waals surface area contributed by atoms with Crippen molar-refractivity contribution in [2.75, 3.05) is 18.6 Å². The Morgan fingerprint density at radius 2 is 1.84 bits per heavy atom. The molecule has 0 radical (unpaired) electrons. The zero-order chi connectivity index (χ0) is 14.6. The molecule has 0 aliphatic rings. The second-order valence-corrected chi connectivity index (χ2v) is 4.01. The Hall–Kier alpha value is -1.56. The van der Waals surface area contributed by atoms with Crippen molar-refractivity contribution in [2.24, 2.45) is 0 Å². The van der Waals surface area contributed by atoms with Crippen molar-refractivity contribution in [3.8, 4) is 0 Å². The van der Waals surface area contributed by atoms with E-state index in [9.17, 15) is 18.0 Å². The zero-order valence-corrected chi connectivity index (χ0v) is 11.0. The molecule has 0 fully saturated rings. The van der Waals surface area contributed by atoms with Crippen molar-refractivity contribution < 1.29 is 22.7 Å². The van der Waals surface area contributed by atoms with E-state index >= 15 is 0 Å². The molecule has 0 aromatic heterocycles. The lowest BCUT2D eigenvalue weighted by Crippen LogP contribution is -2.38. The third-order valence-electron chi connectivity index (χ3n) is 2.79. The lowest BCUT2D eigenvalue weighted by Gasteiger charge is -2.24. The summed E-state index contributed by atoms with van der Waals surface area (Å²) in [5.74, 6) is -0.287. The third-order valence-corrected chi connectivity index (χ3v) is 2.79. The molecule has 1 aromatic carbocycles. The zero-order valence-electron chi connectivity index (χ0n) is 11.0. The van der Waals surface area contributed by atoms with Crippen molar-refractivity contribution in [3.63, 3.8) is 0 Å². The Labute approximate surface area is 110 Å². The van der Waals surface area contributed by atoms with E-state index in [-0.39, 0.29) is 5.91 Å². The Balaban J connectivity index is 2.98. The number of hydrogen-bond donors (Lipinski definition) is 0. The van der Waals surface area contributed by atoms with Gasteiger partial charge >= 0.3 is 6.18 Å². The molecule has 6 heteroatoms. The molecule has 3 nitrogen and oxygen atoms in total. The molecule has 0 spiro atoms. The van der Waals surface area contributed by atoms with Crippen molar-refractivity contribution in [3.05, 3.63) is 29.8 Å². The number of rotatable bonds is 4. The maximum atomic E-state index is 12.4. The summed E-state index contributed by atoms with van der Waals surface area (Å²) >= 11 is 0. The Kier molecular flexibility index (Phi) is 4.94. The van der Waals surface area contributed by atoms with E-state index in [0.29, 0.717) is 12.2 Å². The summed E-state index contributed by atoms with van der Waals surface area (Å²) in [7, 11) is 1.41. The standard InChI is InChI=1S/C13H16F3NO2/c1-4-17(12(18)9(2)19-3)11-7-5-10(6-8-11)13(14,15)16/h5-9H,4H2,1-3H3. The van der Waals surface area contributed by atoms with Crippen molar-refractivity contribution >= 4 is 11.6 Å². The van der Waals surface area contributed by atoms with Crippen LogP contribution in [0.5, 0.6) is 0 Å². The van der Waals surface area contributed by atoms with Gasteiger partial charge < -0.3 is 9.64 Å². The maximum Gasteiger partial charge on any atom is 0.416 e. The van der Waals surface area contributed by atoms with E-state index in [2.05, 4.69) is 0 Å². The minimum Gasteiger partial charge on any atom is -0.372 e. The first-order valence-electron chi connectivity index (χ1n) is 5.82. The molecular weight excluding hydrogens is 259 g/mol. The highest BCUT2D eigenvalue weighted by molar-refractivity contribution is 5.96. The quantitative estimate of drug-likeness (QED) is 0.845. The van der Waals surface area contributed by atoms with Crippen LogP contribution in [-0.4, -0.2) is 25.7 Å². The van der Waals surface area contributed by atoms with Crippen LogP contribution >= 0.6 is 0 Å². The number of ether oxygens (including phenoxy) is 1. The SMILES string of the molecule is CCN(C(=O)C(C)OC)c1ccc(C(F)(F)F)cc1. The molecular formula is C13H16F3NO2. The molecule has 1 amide bonds. The number of carbonyl (C=O) groups is 1. The fourth-order valence-corrected chi connectivity index (χ4v) is 1.62. The van der Waals surface area contributed by atoms with Crippen LogP contribution in [0.15, 0.2) is 24.3 Å². The number of benzene rings is 1. The van der Waals surface area contributed by atoms with E-state index in [4.69, 9.17) is 4.74 Å². The minimum atomic E-state index is -4.38. The largest absolute Gasteiger partial charge is 0.416 e. The van der Waals surface area contributed by atoms with Gasteiger partial charge in [-0.25, -0.2) is 0 Å². The number of likely N-dealkylation sites (N-methyl/N-ethyl adjacent to an activating group) is 1. The summed E-state index contributed by atoms with van der Waals surface area (Å²) in [6.45, 7) is 3.70. The molecule has 19 heavy (non-hydrogen) atoms. The topological polar surface area (TPSA) is 29.5 Å². The summed E-state index contributed by atoms with van der Waals surface area (Å²) < 4.78 is 42.3. The van der Waals surface area contributed by atoms with E-state index in [1.807, 2.05) is 0 Å². The molecule has 0 aliphatic heterocycles. The maximum absolute atomic E-state index is 12.4. The van der Waals surface area contributed by atoms with E-state index < -0.39 is 17.8 Å². The summed E-state index contributed by atoms with van der Waals surface area (Å²) in [4.78, 5) is 13.3. The van der Waals surface area contributed by atoms with Gasteiger partial charge in [-0.2, -0.15) is 13.2 Å². The van der Waals surface area contributed by atoms with Gasteiger partial charge in [-0.1, -0.05) is 0 Å². The Morgan fingerprint density at radius 3 is 2.21 bits per heavy atom. The Bertz CT molecular complexity index is 429. The summed E-state index contributed by atoms with van der Waals surface area (Å²) in [6.07, 6.45) is -5.01. The fraction of sp³-hybridized carbons (Fsp3) is 0.462. The van der Waals surface area contributed by atoms with Crippen LogP contribution in [-0.2, 0) is 15.7 Å². The first-order valence-corrected chi connectivity index (χ1v) is 5.82. The van der Waals surface area contributed by atoms with Crippen LogP contribution in [0.25, 0.3) is 0 Å². The normalized spacial score (nSPS) is 13.2. The van der Waals surface area contributed by atoms with Gasteiger partial charge in [0.05, 0.1) is 5.56 Å². The average Bonchev–Trinajstić information content (AvgIpc) is 2.38. The second kappa shape index (κ2) is 6.06. The molecule has 1 unspecified atom stereocenters. The van der Waals surface area contributed by atoms with E-state index in [1.54, 1.807) is 13.8 Å². The number of halogens is 3. The van der Waals surface area contributed by atoms with Crippen LogP contribution < -0.4 is 4.90 Å².